The summed E-state index contributed by atoms with van der Waals surface area (Å²) in [5.41, 5.74) is 5.67. The van der Waals surface area contributed by atoms with Crippen LogP contribution in [0.3, 0.4) is 0 Å². The highest BCUT2D eigenvalue weighted by molar-refractivity contribution is 6.29. The standard InChI is InChI=1S/C13H18ClN3O3/c1-13(2,3)20-12(18)17-6-8(7-17)19-11-9(15)4-5-10(14)16-11/h4-5,8H,6-7,15H2,1-3H3. The summed E-state index contributed by atoms with van der Waals surface area (Å²) in [5, 5.41) is 0.317. The Labute approximate surface area is 122 Å². The van der Waals surface area contributed by atoms with Crippen LogP contribution in [0.25, 0.3) is 0 Å². The van der Waals surface area contributed by atoms with Gasteiger partial charge in [-0.15, -0.1) is 0 Å². The van der Waals surface area contributed by atoms with Crippen LogP contribution in [0.2, 0.25) is 5.15 Å². The van der Waals surface area contributed by atoms with Gasteiger partial charge in [0.2, 0.25) is 5.88 Å². The molecule has 0 atom stereocenters. The molecule has 2 rings (SSSR count). The minimum absolute atomic E-state index is 0.143. The molecule has 7 heteroatoms. The van der Waals surface area contributed by atoms with E-state index >= 15 is 0 Å². The van der Waals surface area contributed by atoms with Crippen LogP contribution in [0, 0.1) is 0 Å². The number of carbonyl (C=O) groups is 1. The van der Waals surface area contributed by atoms with Gasteiger partial charge in [-0.2, -0.15) is 4.98 Å². The molecule has 1 amide bonds. The number of anilines is 1. The summed E-state index contributed by atoms with van der Waals surface area (Å²) in [4.78, 5) is 17.3. The molecule has 0 radical (unpaired) electrons. The zero-order valence-electron chi connectivity index (χ0n) is 11.7. The van der Waals surface area contributed by atoms with Gasteiger partial charge in [0.15, 0.2) is 0 Å². The molecule has 6 nitrogen and oxygen atoms in total. The highest BCUT2D eigenvalue weighted by atomic mass is 35.5. The number of likely N-dealkylation sites (tertiary alicyclic amines) is 1. The summed E-state index contributed by atoms with van der Waals surface area (Å²) in [6.07, 6.45) is -0.486. The molecule has 1 aliphatic rings. The van der Waals surface area contributed by atoms with E-state index in [9.17, 15) is 4.79 Å². The number of hydrogen-bond donors (Lipinski definition) is 1. The molecule has 2 heterocycles. The zero-order chi connectivity index (χ0) is 14.9. The number of ether oxygens (including phenoxy) is 2. The molecule has 0 unspecified atom stereocenters. The predicted octanol–water partition coefficient (Wildman–Crippen LogP) is 2.32. The van der Waals surface area contributed by atoms with Crippen LogP contribution < -0.4 is 10.5 Å². The lowest BCUT2D eigenvalue weighted by Gasteiger charge is -2.39. The van der Waals surface area contributed by atoms with Crippen LogP contribution in [0.4, 0.5) is 10.5 Å². The van der Waals surface area contributed by atoms with E-state index in [-0.39, 0.29) is 12.2 Å². The summed E-state index contributed by atoms with van der Waals surface area (Å²) in [7, 11) is 0. The number of nitrogens with zero attached hydrogens (tertiary/aromatic N) is 2. The van der Waals surface area contributed by atoms with E-state index in [1.54, 1.807) is 17.0 Å². The third kappa shape index (κ3) is 3.66. The fraction of sp³-hybridized carbons (Fsp3) is 0.538. The van der Waals surface area contributed by atoms with Gasteiger partial charge in [0, 0.05) is 0 Å². The summed E-state index contributed by atoms with van der Waals surface area (Å²) in [6, 6.07) is 3.23. The number of halogens is 1. The van der Waals surface area contributed by atoms with Crippen LogP contribution in [0.15, 0.2) is 12.1 Å². The lowest BCUT2D eigenvalue weighted by atomic mass is 10.1. The molecule has 2 N–H and O–H groups in total. The van der Waals surface area contributed by atoms with Gasteiger partial charge >= 0.3 is 6.09 Å². The van der Waals surface area contributed by atoms with Crippen molar-refractivity contribution in [3.05, 3.63) is 17.3 Å². The number of rotatable bonds is 2. The van der Waals surface area contributed by atoms with Crippen LogP contribution in [0.1, 0.15) is 20.8 Å². The molecule has 20 heavy (non-hydrogen) atoms. The Kier molecular flexibility index (Phi) is 3.94. The molecule has 0 bridgehead atoms. The van der Waals surface area contributed by atoms with E-state index < -0.39 is 5.60 Å². The number of hydrogen-bond acceptors (Lipinski definition) is 5. The minimum Gasteiger partial charge on any atom is -0.469 e. The lowest BCUT2D eigenvalue weighted by Crippen LogP contribution is -2.57. The first-order chi connectivity index (χ1) is 9.24. The zero-order valence-corrected chi connectivity index (χ0v) is 12.5. The van der Waals surface area contributed by atoms with E-state index in [0.717, 1.165) is 0 Å². The van der Waals surface area contributed by atoms with Crippen molar-refractivity contribution >= 4 is 23.4 Å². The van der Waals surface area contributed by atoms with Gasteiger partial charge in [-0.05, 0) is 32.9 Å². The Hall–Kier alpha value is -1.69. The van der Waals surface area contributed by atoms with E-state index in [0.29, 0.717) is 29.8 Å². The second-order valence-corrected chi connectivity index (χ2v) is 6.04. The average Bonchev–Trinajstić information content (AvgIpc) is 2.24. The van der Waals surface area contributed by atoms with Crippen molar-refractivity contribution in [1.82, 2.24) is 9.88 Å². The van der Waals surface area contributed by atoms with Crippen molar-refractivity contribution in [2.45, 2.75) is 32.5 Å². The number of amides is 1. The van der Waals surface area contributed by atoms with Crippen molar-refractivity contribution < 1.29 is 14.3 Å². The first-order valence-electron chi connectivity index (χ1n) is 6.31. The van der Waals surface area contributed by atoms with Crippen LogP contribution in [-0.4, -0.2) is 40.8 Å². The number of nitrogen functional groups attached to an aromatic ring is 1. The number of pyridine rings is 1. The Morgan fingerprint density at radius 3 is 2.70 bits per heavy atom. The van der Waals surface area contributed by atoms with Gasteiger partial charge in [-0.3, -0.25) is 0 Å². The fourth-order valence-corrected chi connectivity index (χ4v) is 1.81. The number of nitrogens with two attached hydrogens (primary N) is 1. The maximum absolute atomic E-state index is 11.7. The molecular weight excluding hydrogens is 282 g/mol. The molecule has 1 saturated heterocycles. The van der Waals surface area contributed by atoms with Gasteiger partial charge < -0.3 is 20.1 Å². The molecule has 0 aromatic carbocycles. The van der Waals surface area contributed by atoms with E-state index in [1.807, 2.05) is 20.8 Å². The molecule has 1 aromatic heterocycles. The van der Waals surface area contributed by atoms with Crippen molar-refractivity contribution in [1.29, 1.82) is 0 Å². The molecule has 0 aliphatic carbocycles. The SMILES string of the molecule is CC(C)(C)OC(=O)N1CC(Oc2nc(Cl)ccc2N)C1. The van der Waals surface area contributed by atoms with Gasteiger partial charge in [0.1, 0.15) is 16.9 Å². The van der Waals surface area contributed by atoms with E-state index in [2.05, 4.69) is 4.98 Å². The quantitative estimate of drug-likeness (QED) is 0.848. The van der Waals surface area contributed by atoms with Crippen LogP contribution >= 0.6 is 11.6 Å². The normalized spacial score (nSPS) is 15.7. The number of aromatic nitrogens is 1. The molecule has 1 aromatic rings. The highest BCUT2D eigenvalue weighted by Crippen LogP contribution is 2.25. The largest absolute Gasteiger partial charge is 0.469 e. The smallest absolute Gasteiger partial charge is 0.410 e. The van der Waals surface area contributed by atoms with Gasteiger partial charge in [0.25, 0.3) is 0 Å². The second kappa shape index (κ2) is 5.36. The molecule has 0 spiro atoms. The van der Waals surface area contributed by atoms with E-state index in [4.69, 9.17) is 26.8 Å². The topological polar surface area (TPSA) is 77.7 Å². The molecule has 0 saturated carbocycles. The average molecular weight is 300 g/mol. The molecule has 1 fully saturated rings. The Morgan fingerprint density at radius 1 is 1.45 bits per heavy atom. The van der Waals surface area contributed by atoms with Crippen LogP contribution in [-0.2, 0) is 4.74 Å². The third-order valence-corrected chi connectivity index (χ3v) is 2.84. The molecular formula is C13H18ClN3O3. The van der Waals surface area contributed by atoms with Crippen LogP contribution in [0.5, 0.6) is 5.88 Å². The van der Waals surface area contributed by atoms with Crippen molar-refractivity contribution in [3.63, 3.8) is 0 Å². The number of carbonyl (C=O) groups excluding carboxylic acids is 1. The van der Waals surface area contributed by atoms with E-state index in [1.165, 1.54) is 0 Å². The first-order valence-corrected chi connectivity index (χ1v) is 6.69. The van der Waals surface area contributed by atoms with Gasteiger partial charge in [-0.25, -0.2) is 4.79 Å². The Balaban J connectivity index is 1.85. The summed E-state index contributed by atoms with van der Waals surface area (Å²) in [5.74, 6) is 0.298. The van der Waals surface area contributed by atoms with Gasteiger partial charge in [0.05, 0.1) is 18.8 Å². The Morgan fingerprint density at radius 2 is 2.10 bits per heavy atom. The van der Waals surface area contributed by atoms with Crippen molar-refractivity contribution in [2.24, 2.45) is 0 Å². The fourth-order valence-electron chi connectivity index (χ4n) is 1.67. The minimum atomic E-state index is -0.498. The van der Waals surface area contributed by atoms with Crippen molar-refractivity contribution in [2.75, 3.05) is 18.8 Å². The van der Waals surface area contributed by atoms with Gasteiger partial charge in [-0.1, -0.05) is 11.6 Å². The summed E-state index contributed by atoms with van der Waals surface area (Å²) >= 11 is 5.78. The highest BCUT2D eigenvalue weighted by Gasteiger charge is 2.35. The first kappa shape index (κ1) is 14.7. The summed E-state index contributed by atoms with van der Waals surface area (Å²) in [6.45, 7) is 6.38. The summed E-state index contributed by atoms with van der Waals surface area (Å²) < 4.78 is 10.9. The Bertz CT molecular complexity index is 510. The monoisotopic (exact) mass is 299 g/mol. The maximum Gasteiger partial charge on any atom is 0.410 e. The third-order valence-electron chi connectivity index (χ3n) is 2.63. The molecule has 1 aliphatic heterocycles. The predicted molar refractivity (Wildman–Crippen MR) is 75.9 cm³/mol. The lowest BCUT2D eigenvalue weighted by molar-refractivity contribution is -0.0230. The maximum atomic E-state index is 11.7. The van der Waals surface area contributed by atoms with Crippen molar-refractivity contribution in [3.8, 4) is 5.88 Å². The second-order valence-electron chi connectivity index (χ2n) is 5.65. The molecule has 110 valence electrons.